The van der Waals surface area contributed by atoms with Crippen molar-refractivity contribution in [2.45, 2.75) is 32.6 Å². The summed E-state index contributed by atoms with van der Waals surface area (Å²) in [6, 6.07) is 16.4. The highest BCUT2D eigenvalue weighted by atomic mass is 16.5. The molecule has 0 spiro atoms. The Labute approximate surface area is 200 Å². The first-order valence-electron chi connectivity index (χ1n) is 12.0. The molecule has 1 aliphatic carbocycles. The molecule has 180 valence electrons. The molecule has 1 unspecified atom stereocenters. The fourth-order valence-electron chi connectivity index (χ4n) is 5.15. The summed E-state index contributed by atoms with van der Waals surface area (Å²) in [7, 11) is 0. The minimum atomic E-state index is -0.845. The van der Waals surface area contributed by atoms with Gasteiger partial charge in [-0.15, -0.1) is 0 Å². The van der Waals surface area contributed by atoms with Crippen LogP contribution in [0.2, 0.25) is 0 Å². The average molecular weight is 465 g/mol. The van der Waals surface area contributed by atoms with Crippen molar-refractivity contribution in [1.29, 1.82) is 0 Å². The normalized spacial score (nSPS) is 19.9. The Morgan fingerprint density at radius 1 is 1.06 bits per heavy atom. The quantitative estimate of drug-likeness (QED) is 0.573. The first-order chi connectivity index (χ1) is 16.4. The molecular formula is C27H32N2O5. The summed E-state index contributed by atoms with van der Waals surface area (Å²) >= 11 is 0. The van der Waals surface area contributed by atoms with Crippen LogP contribution in [0.3, 0.4) is 0 Å². The van der Waals surface area contributed by atoms with Crippen LogP contribution in [-0.2, 0) is 14.3 Å². The van der Waals surface area contributed by atoms with Crippen LogP contribution in [0.25, 0.3) is 11.1 Å². The van der Waals surface area contributed by atoms with Gasteiger partial charge in [-0.2, -0.15) is 0 Å². The molecule has 4 rings (SSSR count). The van der Waals surface area contributed by atoms with Crippen molar-refractivity contribution < 1.29 is 24.2 Å². The molecule has 3 atom stereocenters. The third-order valence-electron chi connectivity index (χ3n) is 7.09. The van der Waals surface area contributed by atoms with Gasteiger partial charge in [0.05, 0.1) is 5.92 Å². The van der Waals surface area contributed by atoms with Crippen molar-refractivity contribution in [3.05, 3.63) is 59.7 Å². The lowest BCUT2D eigenvalue weighted by atomic mass is 9.98. The number of carboxylic acids is 1. The molecule has 0 aromatic heterocycles. The van der Waals surface area contributed by atoms with Gasteiger partial charge in [-0.1, -0.05) is 62.4 Å². The van der Waals surface area contributed by atoms with Crippen molar-refractivity contribution in [3.8, 4) is 11.1 Å². The van der Waals surface area contributed by atoms with E-state index >= 15 is 0 Å². The molecule has 0 radical (unpaired) electrons. The largest absolute Gasteiger partial charge is 0.481 e. The van der Waals surface area contributed by atoms with Crippen molar-refractivity contribution in [1.82, 2.24) is 10.2 Å². The fraction of sp³-hybridized carbons (Fsp3) is 0.444. The monoisotopic (exact) mass is 464 g/mol. The third-order valence-corrected chi connectivity index (χ3v) is 7.09. The molecule has 1 saturated heterocycles. The Bertz CT molecular complexity index is 1020. The van der Waals surface area contributed by atoms with Gasteiger partial charge in [-0.3, -0.25) is 9.59 Å². The molecule has 1 heterocycles. The van der Waals surface area contributed by atoms with Crippen LogP contribution < -0.4 is 5.32 Å². The minimum Gasteiger partial charge on any atom is -0.481 e. The number of alkyl carbamates (subject to hydrolysis) is 1. The molecular weight excluding hydrogens is 432 g/mol. The maximum atomic E-state index is 12.7. The number of aliphatic carboxylic acids is 1. The number of carboxylic acid groups (broad SMARTS) is 1. The van der Waals surface area contributed by atoms with Gasteiger partial charge in [0, 0.05) is 31.5 Å². The van der Waals surface area contributed by atoms with Gasteiger partial charge in [0.2, 0.25) is 5.91 Å². The van der Waals surface area contributed by atoms with Crippen LogP contribution >= 0.6 is 0 Å². The van der Waals surface area contributed by atoms with Gasteiger partial charge >= 0.3 is 12.1 Å². The maximum absolute atomic E-state index is 12.7. The number of carbonyl (C=O) groups excluding carboxylic acids is 2. The number of likely N-dealkylation sites (tertiary alicyclic amines) is 1. The van der Waals surface area contributed by atoms with E-state index in [1.165, 1.54) is 22.3 Å². The molecule has 0 saturated carbocycles. The van der Waals surface area contributed by atoms with Crippen LogP contribution in [0.4, 0.5) is 4.79 Å². The Hall–Kier alpha value is -3.35. The molecule has 1 fully saturated rings. The van der Waals surface area contributed by atoms with Gasteiger partial charge in [0.25, 0.3) is 0 Å². The van der Waals surface area contributed by atoms with E-state index in [1.54, 1.807) is 4.90 Å². The van der Waals surface area contributed by atoms with Gasteiger partial charge in [0.1, 0.15) is 6.61 Å². The Kier molecular flexibility index (Phi) is 7.20. The lowest BCUT2D eigenvalue weighted by molar-refractivity contribution is -0.142. The Balaban J connectivity index is 1.20. The van der Waals surface area contributed by atoms with Gasteiger partial charge in [-0.25, -0.2) is 4.79 Å². The van der Waals surface area contributed by atoms with E-state index in [9.17, 15) is 19.5 Å². The lowest BCUT2D eigenvalue weighted by Gasteiger charge is -2.21. The molecule has 7 nitrogen and oxygen atoms in total. The number of rotatable bonds is 8. The highest BCUT2D eigenvalue weighted by Gasteiger charge is 2.38. The maximum Gasteiger partial charge on any atom is 0.407 e. The topological polar surface area (TPSA) is 95.9 Å². The summed E-state index contributed by atoms with van der Waals surface area (Å²) in [6.45, 7) is 5.17. The summed E-state index contributed by atoms with van der Waals surface area (Å²) in [5.41, 5.74) is 4.72. The second kappa shape index (κ2) is 10.3. The molecule has 2 aromatic rings. The molecule has 1 aliphatic heterocycles. The number of hydrogen-bond acceptors (Lipinski definition) is 4. The predicted molar refractivity (Wildman–Crippen MR) is 128 cm³/mol. The minimum absolute atomic E-state index is 0.0169. The highest BCUT2D eigenvalue weighted by Crippen LogP contribution is 2.44. The molecule has 34 heavy (non-hydrogen) atoms. The van der Waals surface area contributed by atoms with Crippen molar-refractivity contribution in [2.75, 3.05) is 26.2 Å². The van der Waals surface area contributed by atoms with Crippen molar-refractivity contribution in [3.63, 3.8) is 0 Å². The molecule has 2 N–H and O–H groups in total. The number of carbonyl (C=O) groups is 3. The molecule has 0 bridgehead atoms. The first kappa shape index (κ1) is 23.8. The van der Waals surface area contributed by atoms with E-state index < -0.39 is 18.0 Å². The van der Waals surface area contributed by atoms with Gasteiger partial charge in [-0.05, 0) is 41.0 Å². The van der Waals surface area contributed by atoms with Crippen molar-refractivity contribution >= 4 is 18.0 Å². The first-order valence-corrected chi connectivity index (χ1v) is 12.0. The molecule has 7 heteroatoms. The number of hydrogen-bond donors (Lipinski definition) is 2. The van der Waals surface area contributed by atoms with Crippen LogP contribution in [0, 0.1) is 17.8 Å². The molecule has 2 amide bonds. The zero-order chi connectivity index (χ0) is 24.2. The van der Waals surface area contributed by atoms with Crippen molar-refractivity contribution in [2.24, 2.45) is 17.8 Å². The smallest absolute Gasteiger partial charge is 0.407 e. The average Bonchev–Trinajstić information content (AvgIpc) is 3.38. The SMILES string of the molecule is CC(CCCNC(=O)OCC1c2ccccc2-c2ccccc21)C(=O)N1C[C@H](C(=O)O)[C@@H](C)C1. The van der Waals surface area contributed by atoms with Gasteiger partial charge in [0.15, 0.2) is 0 Å². The second-order valence-electron chi connectivity index (χ2n) is 9.46. The highest BCUT2D eigenvalue weighted by molar-refractivity contribution is 5.81. The number of nitrogens with one attached hydrogen (secondary N) is 1. The summed E-state index contributed by atoms with van der Waals surface area (Å²) in [4.78, 5) is 37.9. The van der Waals surface area contributed by atoms with Crippen LogP contribution in [0.15, 0.2) is 48.5 Å². The zero-order valence-electron chi connectivity index (χ0n) is 19.7. The summed E-state index contributed by atoms with van der Waals surface area (Å²) < 4.78 is 5.54. The summed E-state index contributed by atoms with van der Waals surface area (Å²) in [6.07, 6.45) is 0.798. The molecule has 2 aromatic carbocycles. The van der Waals surface area contributed by atoms with Crippen LogP contribution in [0.1, 0.15) is 43.7 Å². The predicted octanol–water partition coefficient (Wildman–Crippen LogP) is 4.12. The van der Waals surface area contributed by atoms with Gasteiger partial charge < -0.3 is 20.1 Å². The number of benzene rings is 2. The Morgan fingerprint density at radius 2 is 1.68 bits per heavy atom. The fourth-order valence-corrected chi connectivity index (χ4v) is 5.15. The van der Waals surface area contributed by atoms with E-state index in [0.717, 1.165) is 0 Å². The Morgan fingerprint density at radius 3 is 2.26 bits per heavy atom. The number of nitrogens with zero attached hydrogens (tertiary/aromatic N) is 1. The zero-order valence-corrected chi connectivity index (χ0v) is 19.7. The van der Waals surface area contributed by atoms with Crippen LogP contribution in [0.5, 0.6) is 0 Å². The third kappa shape index (κ3) is 4.93. The van der Waals surface area contributed by atoms with E-state index in [4.69, 9.17) is 4.74 Å². The number of amides is 2. The number of ether oxygens (including phenoxy) is 1. The molecule has 2 aliphatic rings. The van der Waals surface area contributed by atoms with E-state index in [1.807, 2.05) is 38.1 Å². The standard InChI is InChI=1S/C27H32N2O5/c1-17(25(30)29-14-18(2)23(15-29)26(31)32)8-7-13-28-27(33)34-16-24-21-11-5-3-9-19(21)20-10-4-6-12-22(20)24/h3-6,9-12,17-18,23-24H,7-8,13-16H2,1-2H3,(H,28,33)(H,31,32)/t17?,18-,23-/m0/s1. The van der Waals surface area contributed by atoms with E-state index in [-0.39, 0.29) is 36.8 Å². The summed E-state index contributed by atoms with van der Waals surface area (Å²) in [5.74, 6) is -1.59. The number of fused-ring (bicyclic) bond motifs is 3. The lowest BCUT2D eigenvalue weighted by Crippen LogP contribution is -2.34. The second-order valence-corrected chi connectivity index (χ2v) is 9.46. The summed E-state index contributed by atoms with van der Waals surface area (Å²) in [5, 5.41) is 12.1. The van der Waals surface area contributed by atoms with E-state index in [0.29, 0.717) is 25.9 Å². The van der Waals surface area contributed by atoms with E-state index in [2.05, 4.69) is 29.6 Å². The van der Waals surface area contributed by atoms with Crippen LogP contribution in [-0.4, -0.2) is 54.2 Å².